The molecule has 0 spiro atoms. The van der Waals surface area contributed by atoms with E-state index < -0.39 is 18.1 Å². The molecule has 0 saturated carbocycles. The van der Waals surface area contributed by atoms with Gasteiger partial charge in [0, 0.05) is 33.4 Å². The van der Waals surface area contributed by atoms with E-state index in [4.69, 9.17) is 32.7 Å². The van der Waals surface area contributed by atoms with Crippen molar-refractivity contribution >= 4 is 52.6 Å². The van der Waals surface area contributed by atoms with Crippen molar-refractivity contribution in [2.45, 2.75) is 44.8 Å². The van der Waals surface area contributed by atoms with E-state index in [1.807, 2.05) is 6.92 Å². The number of esters is 2. The van der Waals surface area contributed by atoms with E-state index in [-0.39, 0.29) is 17.9 Å². The van der Waals surface area contributed by atoms with Crippen molar-refractivity contribution in [2.24, 2.45) is 15.0 Å². The number of carbonyl (C=O) groups is 2. The number of hydrogen-bond acceptors (Lipinski definition) is 7. The molecule has 8 nitrogen and oxygen atoms in total. The minimum Gasteiger partial charge on any atom is -0.405 e. The molecule has 1 unspecified atom stereocenters. The van der Waals surface area contributed by atoms with Crippen molar-refractivity contribution in [1.82, 2.24) is 0 Å². The van der Waals surface area contributed by atoms with Gasteiger partial charge in [0.15, 0.2) is 6.04 Å². The molecule has 188 valence electrons. The van der Waals surface area contributed by atoms with Crippen LogP contribution in [-0.2, 0) is 19.1 Å². The number of carbonyl (C=O) groups excluding carboxylic acids is 2. The number of quaternary nitrogens is 1. The molecule has 2 heterocycles. The molecule has 2 aliphatic heterocycles. The van der Waals surface area contributed by atoms with Crippen LogP contribution in [0.3, 0.4) is 0 Å². The third-order valence-electron chi connectivity index (χ3n) is 5.95. The summed E-state index contributed by atoms with van der Waals surface area (Å²) in [6.45, 7) is 5.14. The number of benzene rings is 2. The van der Waals surface area contributed by atoms with Crippen LogP contribution in [0.4, 0.5) is 0 Å². The van der Waals surface area contributed by atoms with Gasteiger partial charge in [0.25, 0.3) is 0 Å². The molecule has 2 aromatic carbocycles. The highest BCUT2D eigenvalue weighted by Crippen LogP contribution is 2.18. The highest BCUT2D eigenvalue weighted by Gasteiger charge is 2.36. The third kappa shape index (κ3) is 6.37. The van der Waals surface area contributed by atoms with Crippen LogP contribution in [0.15, 0.2) is 63.5 Å². The highest BCUT2D eigenvalue weighted by molar-refractivity contribution is 6.31. The second-order valence-corrected chi connectivity index (χ2v) is 9.56. The zero-order chi connectivity index (χ0) is 25.7. The molecule has 0 saturated heterocycles. The molecule has 36 heavy (non-hydrogen) atoms. The average molecular weight is 530 g/mol. The molecule has 0 amide bonds. The Bertz CT molecular complexity index is 1210. The first-order valence-corrected chi connectivity index (χ1v) is 12.5. The van der Waals surface area contributed by atoms with E-state index >= 15 is 0 Å². The fraction of sp³-hybridized carbons (Fsp3) is 0.346. The third-order valence-corrected chi connectivity index (χ3v) is 6.45. The molecule has 3 atom stereocenters. The summed E-state index contributed by atoms with van der Waals surface area (Å²) < 4.78 is 10.7. The number of hydrogen-bond donors (Lipinski definition) is 1. The van der Waals surface area contributed by atoms with Crippen LogP contribution in [0.5, 0.6) is 0 Å². The van der Waals surface area contributed by atoms with Gasteiger partial charge < -0.3 is 14.8 Å². The zero-order valence-electron chi connectivity index (χ0n) is 20.0. The number of ether oxygens (including phenoxy) is 2. The summed E-state index contributed by atoms with van der Waals surface area (Å²) in [4.78, 5) is 37.9. The number of nitrogens with two attached hydrogens (primary N) is 1. The van der Waals surface area contributed by atoms with Crippen molar-refractivity contribution < 1.29 is 24.4 Å². The lowest BCUT2D eigenvalue weighted by Gasteiger charge is -2.12. The van der Waals surface area contributed by atoms with E-state index in [0.29, 0.717) is 33.8 Å². The molecule has 4 rings (SSSR count). The number of unbranched alkanes of at least 4 members (excludes halogenated alkanes) is 1. The normalized spacial score (nSPS) is 20.6. The Labute approximate surface area is 219 Å². The Morgan fingerprint density at radius 1 is 0.917 bits per heavy atom. The first kappa shape index (κ1) is 26.0. The molecule has 0 aliphatic carbocycles. The first-order chi connectivity index (χ1) is 17.3. The monoisotopic (exact) mass is 529 g/mol. The van der Waals surface area contributed by atoms with Gasteiger partial charge in [-0.1, -0.05) is 23.2 Å². The molecular weight excluding hydrogens is 503 g/mol. The molecule has 0 fully saturated rings. The lowest BCUT2D eigenvalue weighted by atomic mass is 10.1. The van der Waals surface area contributed by atoms with Gasteiger partial charge in [-0.05, 0) is 75.2 Å². The Hall–Kier alpha value is -3.07. The van der Waals surface area contributed by atoms with Crippen LogP contribution in [0.25, 0.3) is 0 Å². The van der Waals surface area contributed by atoms with Gasteiger partial charge in [-0.3, -0.25) is 4.99 Å². The summed E-state index contributed by atoms with van der Waals surface area (Å²) in [6, 6.07) is 12.7. The number of aliphatic imine (C=N–C) groups is 3. The van der Waals surface area contributed by atoms with Crippen LogP contribution >= 0.6 is 23.2 Å². The van der Waals surface area contributed by atoms with Gasteiger partial charge in [0.1, 0.15) is 6.04 Å². The van der Waals surface area contributed by atoms with E-state index in [2.05, 4.69) is 20.3 Å². The lowest BCUT2D eigenvalue weighted by molar-refractivity contribution is -0.686. The largest absolute Gasteiger partial charge is 0.405 e. The zero-order valence-corrected chi connectivity index (χ0v) is 21.5. The summed E-state index contributed by atoms with van der Waals surface area (Å²) in [6.07, 6.45) is 1.73. The minimum absolute atomic E-state index is 0.0542. The molecular formula is C26H27Cl2N4O4+. The summed E-state index contributed by atoms with van der Waals surface area (Å²) >= 11 is 11.8. The van der Waals surface area contributed by atoms with E-state index in [9.17, 15) is 9.59 Å². The first-order valence-electron chi connectivity index (χ1n) is 11.8. The van der Waals surface area contributed by atoms with Gasteiger partial charge in [-0.2, -0.15) is 0 Å². The second-order valence-electron chi connectivity index (χ2n) is 8.69. The van der Waals surface area contributed by atoms with Crippen LogP contribution in [-0.4, -0.2) is 60.7 Å². The average Bonchev–Trinajstić information content (AvgIpc) is 3.44. The van der Waals surface area contributed by atoms with E-state index in [0.717, 1.165) is 24.9 Å². The van der Waals surface area contributed by atoms with Gasteiger partial charge in [-0.15, -0.1) is 0 Å². The Kier molecular flexibility index (Phi) is 8.51. The van der Waals surface area contributed by atoms with Crippen molar-refractivity contribution in [3.8, 4) is 0 Å². The van der Waals surface area contributed by atoms with Crippen LogP contribution in [0, 0.1) is 0 Å². The Morgan fingerprint density at radius 3 is 2.08 bits per heavy atom. The van der Waals surface area contributed by atoms with Gasteiger partial charge in [-0.25, -0.2) is 19.6 Å². The maximum Gasteiger partial charge on any atom is 0.343 e. The smallest absolute Gasteiger partial charge is 0.343 e. The van der Waals surface area contributed by atoms with Gasteiger partial charge >= 0.3 is 11.9 Å². The van der Waals surface area contributed by atoms with Crippen molar-refractivity contribution in [3.05, 3.63) is 69.7 Å². The molecule has 2 aliphatic rings. The summed E-state index contributed by atoms with van der Waals surface area (Å²) in [5, 5.41) is 3.30. The minimum atomic E-state index is -0.719. The van der Waals surface area contributed by atoms with Crippen LogP contribution < -0.4 is 5.32 Å². The van der Waals surface area contributed by atoms with Crippen LogP contribution in [0.1, 0.15) is 37.8 Å². The molecule has 0 aromatic heterocycles. The quantitative estimate of drug-likeness (QED) is 0.289. The molecule has 10 heteroatoms. The van der Waals surface area contributed by atoms with Crippen molar-refractivity contribution in [1.29, 1.82) is 0 Å². The molecule has 2 aromatic rings. The highest BCUT2D eigenvalue weighted by atomic mass is 35.5. The van der Waals surface area contributed by atoms with Gasteiger partial charge in [0.2, 0.25) is 17.8 Å². The predicted molar refractivity (Wildman–Crippen MR) is 139 cm³/mol. The summed E-state index contributed by atoms with van der Waals surface area (Å²) in [7, 11) is 0. The fourth-order valence-corrected chi connectivity index (χ4v) is 4.12. The maximum atomic E-state index is 12.3. The standard InChI is InChI=1S/C26H26Cl2N4O4/c1-15(21-25(33)35-23(31-21)17-5-9-19(27)10-6-17)29-13-3-4-14-30-16(2)22-26(34)36-24(32-22)18-7-11-20(28)12-8-18/h5-12,15,21-22,29H,3-4,13-14H2,1-2H3/p+1/t15-,21+,22?/m1/s1. The maximum absolute atomic E-state index is 12.3. The lowest BCUT2D eigenvalue weighted by Crippen LogP contribution is -2.91. The topological polar surface area (TPSA) is 106 Å². The summed E-state index contributed by atoms with van der Waals surface area (Å²) in [5.74, 6) is -0.151. The number of halogens is 2. The molecule has 0 bridgehead atoms. The Morgan fingerprint density at radius 2 is 1.47 bits per heavy atom. The number of nitrogens with zero attached hydrogens (tertiary/aromatic N) is 3. The SMILES string of the molecule is CC(=NCCCC[NH2+][C@H](C)[C@@H]1N=C(c2ccc(Cl)cc2)OC1=O)C1N=C(c2ccc(Cl)cc2)OC1=O. The number of cyclic esters (lactones) is 2. The van der Waals surface area contributed by atoms with Crippen LogP contribution in [0.2, 0.25) is 10.0 Å². The second kappa shape index (κ2) is 11.8. The number of rotatable bonds is 10. The van der Waals surface area contributed by atoms with Gasteiger partial charge in [0.05, 0.1) is 6.54 Å². The van der Waals surface area contributed by atoms with Crippen molar-refractivity contribution in [2.75, 3.05) is 13.1 Å². The van der Waals surface area contributed by atoms with E-state index in [1.54, 1.807) is 55.5 Å². The molecule has 0 radical (unpaired) electrons. The predicted octanol–water partition coefficient (Wildman–Crippen LogP) is 3.23. The van der Waals surface area contributed by atoms with Crippen molar-refractivity contribution in [3.63, 3.8) is 0 Å². The summed E-state index contributed by atoms with van der Waals surface area (Å²) in [5.41, 5.74) is 2.05. The Balaban J connectivity index is 1.21. The fourth-order valence-electron chi connectivity index (χ4n) is 3.86. The molecule has 2 N–H and O–H groups in total. The van der Waals surface area contributed by atoms with E-state index in [1.165, 1.54) is 0 Å².